The number of aromatic amines is 1. The van der Waals surface area contributed by atoms with Crippen molar-refractivity contribution in [3.8, 4) is 11.5 Å². The topological polar surface area (TPSA) is 81.2 Å². The standard InChI is InChI=1S/C17H21BrN4O3S/c1-3-6-25-15-12(18)7-10(8-13(15)24-2)16(23)19-9-14-20-21-17(26)22(14)11-4-5-11/h7-8,11H,3-6,9H2,1-2H3,(H,19,23)(H,21,26). The highest BCUT2D eigenvalue weighted by Gasteiger charge is 2.27. The second kappa shape index (κ2) is 8.22. The molecule has 1 aliphatic carbocycles. The van der Waals surface area contributed by atoms with Crippen molar-refractivity contribution in [2.45, 2.75) is 38.8 Å². The average molecular weight is 441 g/mol. The molecule has 0 unspecified atom stereocenters. The van der Waals surface area contributed by atoms with Crippen LogP contribution in [0.25, 0.3) is 0 Å². The molecule has 1 aromatic heterocycles. The van der Waals surface area contributed by atoms with Gasteiger partial charge >= 0.3 is 0 Å². The van der Waals surface area contributed by atoms with Crippen molar-refractivity contribution in [3.05, 3.63) is 32.8 Å². The Morgan fingerprint density at radius 1 is 1.50 bits per heavy atom. The highest BCUT2D eigenvalue weighted by molar-refractivity contribution is 9.10. The molecule has 1 saturated carbocycles. The Bertz CT molecular complexity index is 860. The fraction of sp³-hybridized carbons (Fsp3) is 0.471. The Hall–Kier alpha value is -1.87. The first-order chi connectivity index (χ1) is 12.5. The van der Waals surface area contributed by atoms with Crippen molar-refractivity contribution >= 4 is 34.1 Å². The number of amides is 1. The van der Waals surface area contributed by atoms with Gasteiger partial charge in [-0.2, -0.15) is 5.10 Å². The molecule has 1 aliphatic rings. The minimum Gasteiger partial charge on any atom is -0.493 e. The molecule has 0 aliphatic heterocycles. The van der Waals surface area contributed by atoms with Crippen LogP contribution < -0.4 is 14.8 Å². The summed E-state index contributed by atoms with van der Waals surface area (Å²) in [5.74, 6) is 1.63. The van der Waals surface area contributed by atoms with Gasteiger partial charge in [0.15, 0.2) is 22.1 Å². The third kappa shape index (κ3) is 4.09. The molecule has 0 bridgehead atoms. The monoisotopic (exact) mass is 440 g/mol. The van der Waals surface area contributed by atoms with Crippen molar-refractivity contribution in [1.29, 1.82) is 0 Å². The average Bonchev–Trinajstić information content (AvgIpc) is 3.40. The number of hydrogen-bond acceptors (Lipinski definition) is 5. The van der Waals surface area contributed by atoms with Crippen LogP contribution in [-0.2, 0) is 6.54 Å². The van der Waals surface area contributed by atoms with Gasteiger partial charge in [0.1, 0.15) is 0 Å². The maximum Gasteiger partial charge on any atom is 0.251 e. The molecule has 0 saturated heterocycles. The smallest absolute Gasteiger partial charge is 0.251 e. The zero-order valence-electron chi connectivity index (χ0n) is 14.7. The number of ether oxygens (including phenoxy) is 2. The summed E-state index contributed by atoms with van der Waals surface area (Å²) in [4.78, 5) is 12.6. The van der Waals surface area contributed by atoms with Crippen molar-refractivity contribution in [2.24, 2.45) is 0 Å². The Morgan fingerprint density at radius 2 is 2.27 bits per heavy atom. The highest BCUT2D eigenvalue weighted by Crippen LogP contribution is 2.37. The number of H-pyrrole nitrogens is 1. The second-order valence-electron chi connectivity index (χ2n) is 6.07. The summed E-state index contributed by atoms with van der Waals surface area (Å²) in [6.07, 6.45) is 3.07. The molecule has 2 aromatic rings. The third-order valence-electron chi connectivity index (χ3n) is 4.04. The molecule has 2 N–H and O–H groups in total. The Kier molecular flexibility index (Phi) is 5.98. The number of nitrogens with zero attached hydrogens (tertiary/aromatic N) is 2. The molecule has 1 amide bonds. The van der Waals surface area contributed by atoms with Crippen LogP contribution >= 0.6 is 28.1 Å². The van der Waals surface area contributed by atoms with Gasteiger partial charge in [-0.25, -0.2) is 0 Å². The number of carbonyl (C=O) groups is 1. The fourth-order valence-electron chi connectivity index (χ4n) is 2.63. The number of nitrogens with one attached hydrogen (secondary N) is 2. The lowest BCUT2D eigenvalue weighted by molar-refractivity contribution is 0.0949. The molecule has 26 heavy (non-hydrogen) atoms. The Balaban J connectivity index is 1.73. The zero-order valence-corrected chi connectivity index (χ0v) is 17.1. The summed E-state index contributed by atoms with van der Waals surface area (Å²) in [5.41, 5.74) is 0.477. The molecule has 1 heterocycles. The van der Waals surface area contributed by atoms with Crippen molar-refractivity contribution < 1.29 is 14.3 Å². The number of benzene rings is 1. The molecule has 7 nitrogen and oxygen atoms in total. The Labute approximate surface area is 165 Å². The van der Waals surface area contributed by atoms with E-state index in [0.29, 0.717) is 45.5 Å². The van der Waals surface area contributed by atoms with Crippen molar-refractivity contribution in [2.75, 3.05) is 13.7 Å². The summed E-state index contributed by atoms with van der Waals surface area (Å²) in [7, 11) is 1.55. The lowest BCUT2D eigenvalue weighted by Gasteiger charge is -2.14. The molecule has 1 fully saturated rings. The van der Waals surface area contributed by atoms with Gasteiger partial charge in [-0.3, -0.25) is 14.5 Å². The van der Waals surface area contributed by atoms with E-state index in [-0.39, 0.29) is 5.91 Å². The number of rotatable bonds is 8. The van der Waals surface area contributed by atoms with E-state index in [1.807, 2.05) is 11.5 Å². The number of hydrogen-bond donors (Lipinski definition) is 2. The van der Waals surface area contributed by atoms with E-state index in [1.165, 1.54) is 0 Å². The van der Waals surface area contributed by atoms with Crippen LogP contribution in [0, 0.1) is 4.77 Å². The predicted molar refractivity (Wildman–Crippen MR) is 103 cm³/mol. The minimum absolute atomic E-state index is 0.220. The molecule has 0 atom stereocenters. The first-order valence-electron chi connectivity index (χ1n) is 8.49. The molecule has 1 aromatic carbocycles. The van der Waals surface area contributed by atoms with E-state index in [4.69, 9.17) is 21.7 Å². The lowest BCUT2D eigenvalue weighted by atomic mass is 10.2. The summed E-state index contributed by atoms with van der Waals surface area (Å²) in [5, 5.41) is 9.90. The number of halogens is 1. The predicted octanol–water partition coefficient (Wildman–Crippen LogP) is 3.77. The van der Waals surface area contributed by atoms with E-state index in [9.17, 15) is 4.79 Å². The van der Waals surface area contributed by atoms with Gasteiger partial charge in [-0.1, -0.05) is 6.92 Å². The largest absolute Gasteiger partial charge is 0.493 e. The number of methoxy groups -OCH3 is 1. The van der Waals surface area contributed by atoms with Crippen LogP contribution in [0.1, 0.15) is 48.4 Å². The highest BCUT2D eigenvalue weighted by atomic mass is 79.9. The minimum atomic E-state index is -0.220. The van der Waals surface area contributed by atoms with Gasteiger partial charge in [0.05, 0.1) is 24.7 Å². The van der Waals surface area contributed by atoms with E-state index in [1.54, 1.807) is 19.2 Å². The van der Waals surface area contributed by atoms with Crippen LogP contribution in [0.15, 0.2) is 16.6 Å². The van der Waals surface area contributed by atoms with Gasteiger partial charge < -0.3 is 14.8 Å². The van der Waals surface area contributed by atoms with Crippen LogP contribution in [0.4, 0.5) is 0 Å². The van der Waals surface area contributed by atoms with Crippen LogP contribution in [-0.4, -0.2) is 34.4 Å². The second-order valence-corrected chi connectivity index (χ2v) is 7.31. The van der Waals surface area contributed by atoms with Gasteiger partial charge in [0, 0.05) is 11.6 Å². The van der Waals surface area contributed by atoms with Gasteiger partial charge in [0.2, 0.25) is 0 Å². The molecule has 0 radical (unpaired) electrons. The first-order valence-corrected chi connectivity index (χ1v) is 9.69. The molecule has 3 rings (SSSR count). The van der Waals surface area contributed by atoms with Gasteiger partial charge in [-0.15, -0.1) is 0 Å². The molecular formula is C17H21BrN4O3S. The van der Waals surface area contributed by atoms with Crippen LogP contribution in [0.5, 0.6) is 11.5 Å². The van der Waals surface area contributed by atoms with Crippen molar-refractivity contribution in [1.82, 2.24) is 20.1 Å². The first kappa shape index (κ1) is 18.9. The summed E-state index contributed by atoms with van der Waals surface area (Å²) in [6.45, 7) is 2.90. The maximum atomic E-state index is 12.6. The third-order valence-corrected chi connectivity index (χ3v) is 4.92. The normalized spacial score (nSPS) is 13.5. The van der Waals surface area contributed by atoms with E-state index >= 15 is 0 Å². The molecule has 140 valence electrons. The fourth-order valence-corrected chi connectivity index (χ4v) is 3.48. The SMILES string of the molecule is CCCOc1c(Br)cc(C(=O)NCc2n[nH]c(=S)n2C2CC2)cc1OC. The quantitative estimate of drug-likeness (QED) is 0.610. The van der Waals surface area contributed by atoms with Crippen LogP contribution in [0.2, 0.25) is 0 Å². The van der Waals surface area contributed by atoms with E-state index < -0.39 is 0 Å². The van der Waals surface area contributed by atoms with E-state index in [0.717, 1.165) is 25.1 Å². The Morgan fingerprint density at radius 3 is 2.92 bits per heavy atom. The number of carbonyl (C=O) groups excluding carboxylic acids is 1. The number of aromatic nitrogens is 3. The van der Waals surface area contributed by atoms with E-state index in [2.05, 4.69) is 31.4 Å². The summed E-state index contributed by atoms with van der Waals surface area (Å²) < 4.78 is 14.3. The van der Waals surface area contributed by atoms with Crippen molar-refractivity contribution in [3.63, 3.8) is 0 Å². The maximum absolute atomic E-state index is 12.6. The molecular weight excluding hydrogens is 420 g/mol. The van der Waals surface area contributed by atoms with Gasteiger partial charge in [-0.05, 0) is 59.5 Å². The zero-order chi connectivity index (χ0) is 18.7. The molecule has 0 spiro atoms. The summed E-state index contributed by atoms with van der Waals surface area (Å²) in [6, 6.07) is 3.79. The summed E-state index contributed by atoms with van der Waals surface area (Å²) >= 11 is 8.71. The lowest BCUT2D eigenvalue weighted by Crippen LogP contribution is -2.25. The van der Waals surface area contributed by atoms with Crippen LogP contribution in [0.3, 0.4) is 0 Å². The molecule has 9 heteroatoms. The van der Waals surface area contributed by atoms with Gasteiger partial charge in [0.25, 0.3) is 5.91 Å².